The Hall–Kier alpha value is -2.63. The Morgan fingerprint density at radius 1 is 1.15 bits per heavy atom. The van der Waals surface area contributed by atoms with Crippen LogP contribution >= 0.6 is 0 Å². The fourth-order valence-corrected chi connectivity index (χ4v) is 3.17. The van der Waals surface area contributed by atoms with Crippen LogP contribution in [-0.2, 0) is 4.79 Å². The zero-order chi connectivity index (χ0) is 18.5. The van der Waals surface area contributed by atoms with Crippen LogP contribution in [0.5, 0.6) is 5.75 Å². The maximum absolute atomic E-state index is 12.2. The summed E-state index contributed by atoms with van der Waals surface area (Å²) >= 11 is 0. The summed E-state index contributed by atoms with van der Waals surface area (Å²) in [5, 5.41) is 2.79. The van der Waals surface area contributed by atoms with Crippen molar-refractivity contribution in [3.05, 3.63) is 41.7 Å². The number of nitrogens with one attached hydrogen (secondary N) is 1. The minimum absolute atomic E-state index is 0.0521. The number of carbonyl (C=O) groups excluding carboxylic acids is 1. The molecule has 0 bridgehead atoms. The van der Waals surface area contributed by atoms with Crippen LogP contribution in [0.25, 0.3) is 0 Å². The largest absolute Gasteiger partial charge is 0.484 e. The molecule has 0 radical (unpaired) electrons. The molecule has 26 heavy (non-hydrogen) atoms. The van der Waals surface area contributed by atoms with Crippen molar-refractivity contribution in [3.63, 3.8) is 0 Å². The first kappa shape index (κ1) is 18.2. The van der Waals surface area contributed by atoms with Gasteiger partial charge in [-0.15, -0.1) is 0 Å². The zero-order valence-electron chi connectivity index (χ0n) is 15.7. The number of aryl methyl sites for hydroxylation is 2. The van der Waals surface area contributed by atoms with E-state index in [0.717, 1.165) is 48.8 Å². The third-order valence-corrected chi connectivity index (χ3v) is 4.59. The zero-order valence-corrected chi connectivity index (χ0v) is 15.7. The molecule has 0 spiro atoms. The molecule has 1 aromatic carbocycles. The number of benzene rings is 1. The Bertz CT molecular complexity index is 750. The van der Waals surface area contributed by atoms with E-state index in [9.17, 15) is 4.79 Å². The molecule has 138 valence electrons. The van der Waals surface area contributed by atoms with Crippen molar-refractivity contribution in [2.75, 3.05) is 29.9 Å². The fraction of sp³-hybridized carbons (Fsp3) is 0.450. The molecule has 2 heterocycles. The van der Waals surface area contributed by atoms with Crippen LogP contribution in [0.2, 0.25) is 0 Å². The lowest BCUT2D eigenvalue weighted by Crippen LogP contribution is -2.33. The Morgan fingerprint density at radius 3 is 2.54 bits per heavy atom. The topological polar surface area (TPSA) is 67.3 Å². The fourth-order valence-electron chi connectivity index (χ4n) is 3.17. The molecule has 1 amide bonds. The predicted octanol–water partition coefficient (Wildman–Crippen LogP) is 3.35. The summed E-state index contributed by atoms with van der Waals surface area (Å²) in [6.07, 6.45) is 3.82. The summed E-state index contributed by atoms with van der Waals surface area (Å²) in [7, 11) is 0. The van der Waals surface area contributed by atoms with E-state index in [-0.39, 0.29) is 12.5 Å². The summed E-state index contributed by atoms with van der Waals surface area (Å²) in [6, 6.07) is 7.72. The maximum Gasteiger partial charge on any atom is 0.263 e. The van der Waals surface area contributed by atoms with Crippen LogP contribution in [-0.4, -0.2) is 35.6 Å². The first-order valence-corrected chi connectivity index (χ1v) is 9.07. The molecule has 6 nitrogen and oxygen atoms in total. The highest BCUT2D eigenvalue weighted by molar-refractivity contribution is 5.91. The van der Waals surface area contributed by atoms with Gasteiger partial charge in [-0.1, -0.05) is 13.0 Å². The summed E-state index contributed by atoms with van der Waals surface area (Å²) in [4.78, 5) is 22.9. The van der Waals surface area contributed by atoms with Crippen molar-refractivity contribution >= 4 is 17.5 Å². The SMILES string of the molecule is Cc1cc(C)cc(OCC(=O)Nc2cc(N3CCC(C)CC3)ncn2)c1. The molecule has 2 aromatic rings. The average molecular weight is 354 g/mol. The quantitative estimate of drug-likeness (QED) is 0.892. The monoisotopic (exact) mass is 354 g/mol. The highest BCUT2D eigenvalue weighted by atomic mass is 16.5. The summed E-state index contributed by atoms with van der Waals surface area (Å²) in [5.74, 6) is 2.58. The Kier molecular flexibility index (Phi) is 5.71. The van der Waals surface area contributed by atoms with E-state index in [0.29, 0.717) is 11.6 Å². The normalized spacial score (nSPS) is 15.0. The molecule has 1 aromatic heterocycles. The van der Waals surface area contributed by atoms with E-state index in [2.05, 4.69) is 33.2 Å². The van der Waals surface area contributed by atoms with Crippen molar-refractivity contribution in [2.24, 2.45) is 5.92 Å². The molecule has 6 heteroatoms. The number of nitrogens with zero attached hydrogens (tertiary/aromatic N) is 3. The van der Waals surface area contributed by atoms with Gasteiger partial charge in [-0.3, -0.25) is 4.79 Å². The molecule has 1 aliphatic heterocycles. The van der Waals surface area contributed by atoms with Crippen LogP contribution in [0.1, 0.15) is 30.9 Å². The lowest BCUT2D eigenvalue weighted by atomic mass is 9.99. The molecule has 3 rings (SSSR count). The number of anilines is 2. The van der Waals surface area contributed by atoms with Gasteiger partial charge in [-0.05, 0) is 55.9 Å². The van der Waals surface area contributed by atoms with Gasteiger partial charge in [0.2, 0.25) is 0 Å². The smallest absolute Gasteiger partial charge is 0.263 e. The van der Waals surface area contributed by atoms with Gasteiger partial charge in [-0.2, -0.15) is 0 Å². The first-order chi connectivity index (χ1) is 12.5. The van der Waals surface area contributed by atoms with Crippen LogP contribution in [0.15, 0.2) is 30.6 Å². The van der Waals surface area contributed by atoms with Crippen LogP contribution in [0.4, 0.5) is 11.6 Å². The van der Waals surface area contributed by atoms with E-state index < -0.39 is 0 Å². The molecular formula is C20H26N4O2. The van der Waals surface area contributed by atoms with E-state index in [1.807, 2.05) is 32.0 Å². The molecule has 0 saturated carbocycles. The van der Waals surface area contributed by atoms with Crippen molar-refractivity contribution in [1.82, 2.24) is 9.97 Å². The summed E-state index contributed by atoms with van der Waals surface area (Å²) in [6.45, 7) is 8.21. The molecule has 1 N–H and O–H groups in total. The minimum atomic E-state index is -0.235. The van der Waals surface area contributed by atoms with Gasteiger partial charge in [0.25, 0.3) is 5.91 Å². The van der Waals surface area contributed by atoms with E-state index in [1.165, 1.54) is 6.33 Å². The lowest BCUT2D eigenvalue weighted by Gasteiger charge is -2.31. The number of rotatable bonds is 5. The Labute approximate surface area is 154 Å². The molecule has 1 aliphatic rings. The maximum atomic E-state index is 12.2. The van der Waals surface area contributed by atoms with Crippen molar-refractivity contribution in [2.45, 2.75) is 33.6 Å². The second-order valence-electron chi connectivity index (χ2n) is 7.09. The molecule has 0 unspecified atom stereocenters. The highest BCUT2D eigenvalue weighted by Gasteiger charge is 2.17. The summed E-state index contributed by atoms with van der Waals surface area (Å²) < 4.78 is 5.59. The van der Waals surface area contributed by atoms with Crippen LogP contribution in [0.3, 0.4) is 0 Å². The molecule has 1 saturated heterocycles. The standard InChI is InChI=1S/C20H26N4O2/c1-14-4-6-24(7-5-14)19-11-18(21-13-22-19)23-20(25)12-26-17-9-15(2)8-16(3)10-17/h8-11,13-14H,4-7,12H2,1-3H3,(H,21,22,23,25). The van der Waals surface area contributed by atoms with Crippen molar-refractivity contribution in [3.8, 4) is 5.75 Å². The highest BCUT2D eigenvalue weighted by Crippen LogP contribution is 2.22. The van der Waals surface area contributed by atoms with Gasteiger partial charge in [0.1, 0.15) is 23.7 Å². The van der Waals surface area contributed by atoms with Gasteiger partial charge < -0.3 is 15.0 Å². The number of carbonyl (C=O) groups is 1. The number of ether oxygens (including phenoxy) is 1. The number of amides is 1. The van der Waals surface area contributed by atoms with E-state index in [1.54, 1.807) is 0 Å². The lowest BCUT2D eigenvalue weighted by molar-refractivity contribution is -0.118. The van der Waals surface area contributed by atoms with Crippen LogP contribution < -0.4 is 15.0 Å². The number of aromatic nitrogens is 2. The molecule has 0 aliphatic carbocycles. The number of piperidine rings is 1. The minimum Gasteiger partial charge on any atom is -0.484 e. The van der Waals surface area contributed by atoms with Crippen molar-refractivity contribution < 1.29 is 9.53 Å². The van der Waals surface area contributed by atoms with Crippen molar-refractivity contribution in [1.29, 1.82) is 0 Å². The molecular weight excluding hydrogens is 328 g/mol. The first-order valence-electron chi connectivity index (χ1n) is 9.07. The van der Waals surface area contributed by atoms with Gasteiger partial charge in [0, 0.05) is 19.2 Å². The molecule has 1 fully saturated rings. The van der Waals surface area contributed by atoms with Gasteiger partial charge in [0.05, 0.1) is 0 Å². The molecule has 0 atom stereocenters. The Morgan fingerprint density at radius 2 is 1.85 bits per heavy atom. The van der Waals surface area contributed by atoms with E-state index in [4.69, 9.17) is 4.74 Å². The third kappa shape index (κ3) is 4.94. The average Bonchev–Trinajstić information content (AvgIpc) is 2.60. The van der Waals surface area contributed by atoms with E-state index >= 15 is 0 Å². The second-order valence-corrected chi connectivity index (χ2v) is 7.09. The number of hydrogen-bond acceptors (Lipinski definition) is 5. The summed E-state index contributed by atoms with van der Waals surface area (Å²) in [5.41, 5.74) is 2.22. The third-order valence-electron chi connectivity index (χ3n) is 4.59. The van der Waals surface area contributed by atoms with Gasteiger partial charge >= 0.3 is 0 Å². The Balaban J connectivity index is 1.56. The van der Waals surface area contributed by atoms with Crippen LogP contribution in [0, 0.1) is 19.8 Å². The van der Waals surface area contributed by atoms with Gasteiger partial charge in [0.15, 0.2) is 6.61 Å². The van der Waals surface area contributed by atoms with Gasteiger partial charge in [-0.25, -0.2) is 9.97 Å². The predicted molar refractivity (Wildman–Crippen MR) is 103 cm³/mol. The number of hydrogen-bond donors (Lipinski definition) is 1. The second kappa shape index (κ2) is 8.17.